The number of unbranched alkanes of at least 4 members (excludes halogenated alkanes) is 33. The fourth-order valence-corrected chi connectivity index (χ4v) is 9.02. The maximum Gasteiger partial charge on any atom is 0.472 e. The quantitative estimate of drug-likeness (QED) is 0.0243. The van der Waals surface area contributed by atoms with Crippen LogP contribution >= 0.6 is 7.82 Å². The van der Waals surface area contributed by atoms with Crippen LogP contribution in [-0.2, 0) is 18.4 Å². The zero-order valence-corrected chi connectivity index (χ0v) is 45.8. The van der Waals surface area contributed by atoms with Gasteiger partial charge in [0.25, 0.3) is 0 Å². The first-order chi connectivity index (χ1) is 32.5. The lowest BCUT2D eigenvalue weighted by atomic mass is 10.0. The molecule has 0 spiro atoms. The third-order valence-corrected chi connectivity index (χ3v) is 13.8. The molecule has 0 aromatic rings. The number of aliphatic hydroxyl groups excluding tert-OH is 1. The van der Waals surface area contributed by atoms with Crippen molar-refractivity contribution in [3.05, 3.63) is 48.6 Å². The van der Waals surface area contributed by atoms with E-state index in [0.717, 1.165) is 51.4 Å². The van der Waals surface area contributed by atoms with E-state index in [2.05, 4.69) is 55.6 Å². The summed E-state index contributed by atoms with van der Waals surface area (Å²) in [5.74, 6) is -0.176. The summed E-state index contributed by atoms with van der Waals surface area (Å²) in [6.45, 7) is 4.82. The molecule has 3 N–H and O–H groups in total. The maximum absolute atomic E-state index is 13.0. The number of phosphoric acid groups is 1. The average Bonchev–Trinajstić information content (AvgIpc) is 3.29. The number of likely N-dealkylation sites (N-methyl/N-ethyl adjacent to an activating group) is 1. The van der Waals surface area contributed by atoms with Gasteiger partial charge in [0.05, 0.1) is 39.9 Å². The highest BCUT2D eigenvalue weighted by Crippen LogP contribution is 2.43. The van der Waals surface area contributed by atoms with Crippen molar-refractivity contribution < 1.29 is 32.9 Å². The zero-order valence-electron chi connectivity index (χ0n) is 44.9. The van der Waals surface area contributed by atoms with Gasteiger partial charge in [0.15, 0.2) is 0 Å². The molecular weight excluding hydrogens is 852 g/mol. The second-order valence-corrected chi connectivity index (χ2v) is 22.1. The molecule has 0 fully saturated rings. The van der Waals surface area contributed by atoms with E-state index >= 15 is 0 Å². The fraction of sp³-hybridized carbons (Fsp3) is 0.845. The van der Waals surface area contributed by atoms with Crippen LogP contribution in [0.4, 0.5) is 0 Å². The van der Waals surface area contributed by atoms with Gasteiger partial charge in [0.1, 0.15) is 13.2 Å². The molecule has 394 valence electrons. The van der Waals surface area contributed by atoms with Gasteiger partial charge >= 0.3 is 7.82 Å². The molecule has 0 bridgehead atoms. The van der Waals surface area contributed by atoms with E-state index in [0.29, 0.717) is 17.4 Å². The van der Waals surface area contributed by atoms with Crippen molar-refractivity contribution >= 4 is 13.7 Å². The first-order valence-corrected chi connectivity index (χ1v) is 30.0. The third kappa shape index (κ3) is 52.1. The second kappa shape index (κ2) is 49.4. The minimum atomic E-state index is -4.34. The van der Waals surface area contributed by atoms with E-state index in [1.807, 2.05) is 27.2 Å². The molecule has 0 saturated heterocycles. The van der Waals surface area contributed by atoms with E-state index < -0.39 is 20.0 Å². The molecule has 3 unspecified atom stereocenters. The molecule has 67 heavy (non-hydrogen) atoms. The highest BCUT2D eigenvalue weighted by atomic mass is 31.2. The molecule has 0 saturated carbocycles. The average molecular weight is 965 g/mol. The number of allylic oxidation sites excluding steroid dienone is 7. The largest absolute Gasteiger partial charge is 0.472 e. The Hall–Kier alpha value is -1.54. The van der Waals surface area contributed by atoms with Crippen molar-refractivity contribution in [3.8, 4) is 0 Å². The van der Waals surface area contributed by atoms with Crippen molar-refractivity contribution in [2.75, 3.05) is 40.9 Å². The molecule has 9 heteroatoms. The van der Waals surface area contributed by atoms with Crippen LogP contribution in [-0.4, -0.2) is 73.4 Å². The lowest BCUT2D eigenvalue weighted by molar-refractivity contribution is -0.870. The second-order valence-electron chi connectivity index (χ2n) is 20.7. The Labute approximate surface area is 416 Å². The Morgan fingerprint density at radius 2 is 0.851 bits per heavy atom. The molecule has 0 rings (SSSR count). The summed E-state index contributed by atoms with van der Waals surface area (Å²) in [7, 11) is 1.58. The number of carbonyl (C=O) groups excluding carboxylic acids is 1. The van der Waals surface area contributed by atoms with Gasteiger partial charge in [0.2, 0.25) is 5.91 Å². The van der Waals surface area contributed by atoms with E-state index in [9.17, 15) is 19.4 Å². The Bertz CT molecular complexity index is 1230. The number of nitrogens with one attached hydrogen (secondary N) is 1. The van der Waals surface area contributed by atoms with Gasteiger partial charge in [-0.1, -0.05) is 249 Å². The number of hydrogen-bond donors (Lipinski definition) is 3. The van der Waals surface area contributed by atoms with E-state index in [1.54, 1.807) is 6.08 Å². The zero-order chi connectivity index (χ0) is 49.2. The highest BCUT2D eigenvalue weighted by molar-refractivity contribution is 7.47. The summed E-state index contributed by atoms with van der Waals surface area (Å²) in [6, 6.07) is -0.846. The number of carbonyl (C=O) groups is 1. The summed E-state index contributed by atoms with van der Waals surface area (Å²) in [5.41, 5.74) is 0. The van der Waals surface area contributed by atoms with Crippen molar-refractivity contribution in [1.82, 2.24) is 5.32 Å². The number of phosphoric ester groups is 1. The first kappa shape index (κ1) is 65.5. The number of nitrogens with zero attached hydrogens (tertiary/aromatic N) is 1. The van der Waals surface area contributed by atoms with Crippen LogP contribution in [0.1, 0.15) is 264 Å². The molecule has 0 radical (unpaired) electrons. The van der Waals surface area contributed by atoms with Crippen molar-refractivity contribution in [3.63, 3.8) is 0 Å². The third-order valence-electron chi connectivity index (χ3n) is 12.8. The summed E-state index contributed by atoms with van der Waals surface area (Å²) < 4.78 is 23.7. The number of amides is 1. The van der Waals surface area contributed by atoms with Crippen LogP contribution in [0, 0.1) is 0 Å². The predicted molar refractivity (Wildman–Crippen MR) is 291 cm³/mol. The Balaban J connectivity index is 4.08. The molecule has 0 aliphatic carbocycles. The molecule has 1 amide bonds. The smallest absolute Gasteiger partial charge is 0.387 e. The molecule has 8 nitrogen and oxygen atoms in total. The monoisotopic (exact) mass is 964 g/mol. The normalized spacial score (nSPS) is 14.3. The lowest BCUT2D eigenvalue weighted by Crippen LogP contribution is -2.45. The van der Waals surface area contributed by atoms with Gasteiger partial charge in [-0.3, -0.25) is 13.8 Å². The molecule has 0 aliphatic heterocycles. The van der Waals surface area contributed by atoms with Crippen LogP contribution < -0.4 is 5.32 Å². The van der Waals surface area contributed by atoms with Crippen LogP contribution in [0.2, 0.25) is 0 Å². The SMILES string of the molecule is CCCCCCC/C=C\C/C=C\C/C=C\CCCCCCCCCCCCCCCCCCC(=O)NC(COP(=O)(O)OCC[N+](C)(C)C)C(O)/C=C/CCCCCCCCCCCCCC. The number of rotatable bonds is 52. The fourth-order valence-electron chi connectivity index (χ4n) is 8.29. The number of quaternary nitrogens is 1. The van der Waals surface area contributed by atoms with Crippen LogP contribution in [0.15, 0.2) is 48.6 Å². The minimum absolute atomic E-state index is 0.0617. The summed E-state index contributed by atoms with van der Waals surface area (Å²) >= 11 is 0. The van der Waals surface area contributed by atoms with Crippen molar-refractivity contribution in [2.45, 2.75) is 276 Å². The maximum atomic E-state index is 13.0. The van der Waals surface area contributed by atoms with Crippen molar-refractivity contribution in [1.29, 1.82) is 0 Å². The number of aliphatic hydroxyl groups is 1. The van der Waals surface area contributed by atoms with Gasteiger partial charge in [-0.15, -0.1) is 0 Å². The van der Waals surface area contributed by atoms with E-state index in [4.69, 9.17) is 9.05 Å². The summed E-state index contributed by atoms with van der Waals surface area (Å²) in [4.78, 5) is 23.3. The van der Waals surface area contributed by atoms with Gasteiger partial charge in [-0.05, 0) is 57.8 Å². The van der Waals surface area contributed by atoms with Crippen LogP contribution in [0.5, 0.6) is 0 Å². The van der Waals surface area contributed by atoms with Gasteiger partial charge in [-0.2, -0.15) is 0 Å². The molecular formula is C58H112N2O6P+. The molecule has 0 aromatic heterocycles. The standard InChI is InChI=1S/C58H111N2O6P/c1-6-8-10-12-14-16-18-20-22-23-24-25-26-27-28-29-30-31-32-33-34-35-36-37-38-40-42-44-46-48-50-52-58(62)59-56(55-66-67(63,64)65-54-53-60(3,4)5)57(61)51-49-47-45-43-41-39-21-19-17-15-13-11-9-7-2/h18,20,23-24,26-27,49,51,56-57,61H,6-17,19,21-22,25,28-48,50,52-55H2,1-5H3,(H-,59,62,63,64)/p+1/b20-18-,24-23-,27-26-,51-49+. The van der Waals surface area contributed by atoms with Gasteiger partial charge < -0.3 is 19.8 Å². The van der Waals surface area contributed by atoms with Crippen LogP contribution in [0.3, 0.4) is 0 Å². The number of hydrogen-bond acceptors (Lipinski definition) is 5. The Morgan fingerprint density at radius 1 is 0.507 bits per heavy atom. The lowest BCUT2D eigenvalue weighted by Gasteiger charge is -2.25. The van der Waals surface area contributed by atoms with Crippen molar-refractivity contribution in [2.24, 2.45) is 0 Å². The molecule has 3 atom stereocenters. The topological polar surface area (TPSA) is 105 Å². The van der Waals surface area contributed by atoms with Crippen LogP contribution in [0.25, 0.3) is 0 Å². The summed E-state index contributed by atoms with van der Waals surface area (Å²) in [6.07, 6.45) is 64.9. The Kier molecular flexibility index (Phi) is 48.3. The van der Waals surface area contributed by atoms with E-state index in [-0.39, 0.29) is 19.1 Å². The first-order valence-electron chi connectivity index (χ1n) is 28.5. The molecule has 0 heterocycles. The summed E-state index contributed by atoms with van der Waals surface area (Å²) in [5, 5.41) is 13.9. The van der Waals surface area contributed by atoms with E-state index in [1.165, 1.54) is 193 Å². The van der Waals surface area contributed by atoms with Gasteiger partial charge in [0, 0.05) is 6.42 Å². The molecule has 0 aliphatic rings. The minimum Gasteiger partial charge on any atom is -0.387 e. The predicted octanol–water partition coefficient (Wildman–Crippen LogP) is 17.2. The Morgan fingerprint density at radius 3 is 1.24 bits per heavy atom. The van der Waals surface area contributed by atoms with Gasteiger partial charge in [-0.25, -0.2) is 4.57 Å². The highest BCUT2D eigenvalue weighted by Gasteiger charge is 2.27. The molecule has 0 aromatic carbocycles.